The average molecular weight is 442 g/mol. The molecule has 1 aliphatic rings. The van der Waals surface area contributed by atoms with Gasteiger partial charge in [-0.1, -0.05) is 18.2 Å². The summed E-state index contributed by atoms with van der Waals surface area (Å²) in [6.45, 7) is 3.32. The Balaban J connectivity index is 1.81. The topological polar surface area (TPSA) is 110 Å². The van der Waals surface area contributed by atoms with Gasteiger partial charge in [0.15, 0.2) is 0 Å². The van der Waals surface area contributed by atoms with Crippen LogP contribution >= 0.6 is 0 Å². The zero-order valence-corrected chi connectivity index (χ0v) is 17.6. The second kappa shape index (κ2) is 7.62. The number of aromatic nitrogens is 2. The van der Waals surface area contributed by atoms with Crippen LogP contribution in [0.15, 0.2) is 47.4 Å². The lowest BCUT2D eigenvalue weighted by atomic mass is 10.0. The molecule has 2 aromatic carbocycles. The first-order valence-electron chi connectivity index (χ1n) is 9.48. The maximum atomic E-state index is 13.5. The van der Waals surface area contributed by atoms with Crippen molar-refractivity contribution in [1.82, 2.24) is 9.78 Å². The molecule has 0 atom stereocenters. The van der Waals surface area contributed by atoms with Crippen LogP contribution in [0.3, 0.4) is 0 Å². The van der Waals surface area contributed by atoms with Crippen LogP contribution in [-0.2, 0) is 14.8 Å². The van der Waals surface area contributed by atoms with Gasteiger partial charge in [0.25, 0.3) is 10.0 Å². The van der Waals surface area contributed by atoms with Crippen LogP contribution in [0.5, 0.6) is 0 Å². The zero-order chi connectivity index (χ0) is 22.3. The predicted molar refractivity (Wildman–Crippen MR) is 113 cm³/mol. The number of anilines is 2. The van der Waals surface area contributed by atoms with Crippen molar-refractivity contribution in [2.45, 2.75) is 31.6 Å². The molecule has 8 nitrogen and oxygen atoms in total. The van der Waals surface area contributed by atoms with E-state index >= 15 is 0 Å². The molecule has 2 heterocycles. The Morgan fingerprint density at radius 2 is 1.87 bits per heavy atom. The minimum Gasteiger partial charge on any atom is -0.310 e. The number of benzene rings is 2. The molecule has 2 N–H and O–H groups in total. The molecule has 4 rings (SSSR count). The lowest BCUT2D eigenvalue weighted by Gasteiger charge is -2.13. The van der Waals surface area contributed by atoms with Gasteiger partial charge in [-0.05, 0) is 49.2 Å². The molecule has 1 amide bonds. The van der Waals surface area contributed by atoms with E-state index in [0.717, 1.165) is 10.7 Å². The van der Waals surface area contributed by atoms with Gasteiger partial charge in [-0.3, -0.25) is 14.3 Å². The van der Waals surface area contributed by atoms with Crippen LogP contribution in [0.4, 0.5) is 15.9 Å². The third-order valence-electron chi connectivity index (χ3n) is 4.96. The number of amides is 1. The van der Waals surface area contributed by atoms with Gasteiger partial charge < -0.3 is 5.32 Å². The van der Waals surface area contributed by atoms with Gasteiger partial charge in [0.05, 0.1) is 16.3 Å². The Kier molecular flexibility index (Phi) is 5.10. The van der Waals surface area contributed by atoms with Crippen LogP contribution in [0, 0.1) is 19.7 Å². The summed E-state index contributed by atoms with van der Waals surface area (Å²) < 4.78 is 43.0. The summed E-state index contributed by atoms with van der Waals surface area (Å²) in [6.07, 6.45) is 0.0796. The molecule has 0 saturated carbocycles. The molecule has 0 radical (unpaired) electrons. The molecule has 0 fully saturated rings. The first kappa shape index (κ1) is 20.7. The summed E-state index contributed by atoms with van der Waals surface area (Å²) in [5.41, 5.74) is 1.97. The molecule has 1 aliphatic heterocycles. The molecular weight excluding hydrogens is 423 g/mol. The molecule has 0 bridgehead atoms. The first-order valence-corrected chi connectivity index (χ1v) is 11.0. The monoisotopic (exact) mass is 442 g/mol. The van der Waals surface area contributed by atoms with Crippen LogP contribution in [0.2, 0.25) is 0 Å². The number of sulfonamides is 1. The van der Waals surface area contributed by atoms with E-state index in [1.807, 2.05) is 0 Å². The van der Waals surface area contributed by atoms with Crippen LogP contribution in [0.25, 0.3) is 11.1 Å². The van der Waals surface area contributed by atoms with Crippen molar-refractivity contribution in [2.24, 2.45) is 0 Å². The van der Waals surface area contributed by atoms with Gasteiger partial charge in [0.2, 0.25) is 11.8 Å². The lowest BCUT2D eigenvalue weighted by molar-refractivity contribution is -0.116. The van der Waals surface area contributed by atoms with Crippen LogP contribution in [-0.4, -0.2) is 30.0 Å². The molecule has 0 saturated heterocycles. The highest BCUT2D eigenvalue weighted by atomic mass is 32.2. The quantitative estimate of drug-likeness (QED) is 0.643. The number of nitrogens with one attached hydrogen (secondary N) is 2. The molecule has 160 valence electrons. The summed E-state index contributed by atoms with van der Waals surface area (Å²) in [4.78, 5) is 24.4. The van der Waals surface area contributed by atoms with E-state index in [1.54, 1.807) is 26.0 Å². The summed E-state index contributed by atoms with van der Waals surface area (Å²) in [7, 11) is -4.04. The van der Waals surface area contributed by atoms with Gasteiger partial charge in [-0.15, -0.1) is 0 Å². The fraction of sp³-hybridized carbons (Fsp3) is 0.190. The van der Waals surface area contributed by atoms with Crippen molar-refractivity contribution < 1.29 is 22.4 Å². The number of halogens is 1. The number of aryl methyl sites for hydroxylation is 2. The highest BCUT2D eigenvalue weighted by Crippen LogP contribution is 2.35. The van der Waals surface area contributed by atoms with E-state index in [2.05, 4.69) is 15.1 Å². The molecule has 0 aliphatic carbocycles. The number of hydrogen-bond donors (Lipinski definition) is 2. The summed E-state index contributed by atoms with van der Waals surface area (Å²) in [5, 5.41) is 6.93. The van der Waals surface area contributed by atoms with Gasteiger partial charge >= 0.3 is 0 Å². The SMILES string of the molecule is Cc1ccc(-c2c(C)nn3c2NC(=O)CCC3=O)cc1S(=O)(=O)Nc1cccc(F)c1. The third kappa shape index (κ3) is 3.93. The second-order valence-corrected chi connectivity index (χ2v) is 8.91. The molecule has 0 unspecified atom stereocenters. The zero-order valence-electron chi connectivity index (χ0n) is 16.8. The number of fused-ring (bicyclic) bond motifs is 1. The molecular formula is C21H19FN4O4S. The van der Waals surface area contributed by atoms with Crippen molar-refractivity contribution in [3.8, 4) is 11.1 Å². The second-order valence-electron chi connectivity index (χ2n) is 7.26. The fourth-order valence-corrected chi connectivity index (χ4v) is 4.82. The van der Waals surface area contributed by atoms with E-state index in [9.17, 15) is 22.4 Å². The smallest absolute Gasteiger partial charge is 0.262 e. The number of rotatable bonds is 4. The van der Waals surface area contributed by atoms with Crippen molar-refractivity contribution in [3.63, 3.8) is 0 Å². The van der Waals surface area contributed by atoms with Crippen molar-refractivity contribution in [3.05, 3.63) is 59.5 Å². The largest absolute Gasteiger partial charge is 0.310 e. The maximum Gasteiger partial charge on any atom is 0.262 e. The normalized spacial score (nSPS) is 14.0. The lowest BCUT2D eigenvalue weighted by Crippen LogP contribution is -2.15. The van der Waals surface area contributed by atoms with E-state index in [-0.39, 0.29) is 41.1 Å². The molecule has 31 heavy (non-hydrogen) atoms. The highest BCUT2D eigenvalue weighted by molar-refractivity contribution is 7.92. The molecule has 0 spiro atoms. The Morgan fingerprint density at radius 1 is 1.10 bits per heavy atom. The van der Waals surface area contributed by atoms with Gasteiger partial charge in [-0.2, -0.15) is 9.78 Å². The van der Waals surface area contributed by atoms with Crippen LogP contribution in [0.1, 0.15) is 28.9 Å². The van der Waals surface area contributed by atoms with E-state index in [0.29, 0.717) is 22.4 Å². The van der Waals surface area contributed by atoms with Crippen molar-refractivity contribution >= 4 is 33.3 Å². The van der Waals surface area contributed by atoms with Gasteiger partial charge in [0, 0.05) is 18.4 Å². The predicted octanol–water partition coefficient (Wildman–Crippen LogP) is 3.48. The Hall–Kier alpha value is -3.53. The van der Waals surface area contributed by atoms with Gasteiger partial charge in [0.1, 0.15) is 11.6 Å². The number of hydrogen-bond acceptors (Lipinski definition) is 5. The Bertz CT molecular complexity index is 1330. The van der Waals surface area contributed by atoms with Crippen molar-refractivity contribution in [1.29, 1.82) is 0 Å². The first-order chi connectivity index (χ1) is 14.7. The molecule has 3 aromatic rings. The minimum absolute atomic E-state index is 0.0140. The number of carbonyl (C=O) groups excluding carboxylic acids is 2. The number of nitrogens with zero attached hydrogens (tertiary/aromatic N) is 2. The van der Waals surface area contributed by atoms with E-state index in [4.69, 9.17) is 0 Å². The number of carbonyl (C=O) groups is 2. The molecule has 1 aromatic heterocycles. The van der Waals surface area contributed by atoms with Gasteiger partial charge in [-0.25, -0.2) is 12.8 Å². The Labute approximate surface area is 178 Å². The van der Waals surface area contributed by atoms with Crippen molar-refractivity contribution in [2.75, 3.05) is 10.0 Å². The summed E-state index contributed by atoms with van der Waals surface area (Å²) in [6, 6.07) is 9.92. The average Bonchev–Trinajstić information content (AvgIpc) is 2.95. The highest BCUT2D eigenvalue weighted by Gasteiger charge is 2.27. The maximum absolute atomic E-state index is 13.5. The molecule has 10 heteroatoms. The minimum atomic E-state index is -4.04. The fourth-order valence-electron chi connectivity index (χ4n) is 3.50. The third-order valence-corrected chi connectivity index (χ3v) is 6.49. The van der Waals surface area contributed by atoms with E-state index < -0.39 is 15.8 Å². The van der Waals surface area contributed by atoms with E-state index in [1.165, 1.54) is 24.3 Å². The summed E-state index contributed by atoms with van der Waals surface area (Å²) >= 11 is 0. The Morgan fingerprint density at radius 3 is 2.61 bits per heavy atom. The summed E-state index contributed by atoms with van der Waals surface area (Å²) in [5.74, 6) is -0.990. The standard InChI is InChI=1S/C21H19FN4O4S/c1-12-6-7-14(10-17(12)31(29,30)25-16-5-3-4-15(22)11-16)20-13(2)24-26-19(28)9-8-18(27)23-21(20)26/h3-7,10-11,25H,8-9H2,1-2H3,(H,23,27). The van der Waals surface area contributed by atoms with Crippen LogP contribution < -0.4 is 10.0 Å².